The molecule has 0 saturated carbocycles. The number of nitrogens with one attached hydrogen (secondary N) is 1. The third kappa shape index (κ3) is 3.51. The van der Waals surface area contributed by atoms with Crippen LogP contribution in [0.25, 0.3) is 0 Å². The zero-order valence-electron chi connectivity index (χ0n) is 13.8. The van der Waals surface area contributed by atoms with Gasteiger partial charge in [-0.2, -0.15) is 5.10 Å². The van der Waals surface area contributed by atoms with Gasteiger partial charge in [-0.3, -0.25) is 4.79 Å². The molecule has 7 heteroatoms. The lowest BCUT2D eigenvalue weighted by atomic mass is 10.1. The van der Waals surface area contributed by atoms with Crippen molar-refractivity contribution >= 4 is 21.6 Å². The Labute approximate surface area is 141 Å². The first-order chi connectivity index (χ1) is 11.4. The molecule has 1 aromatic heterocycles. The third-order valence-electron chi connectivity index (χ3n) is 4.28. The highest BCUT2D eigenvalue weighted by atomic mass is 32.2. The zero-order chi connectivity index (χ0) is 17.3. The normalized spacial score (nSPS) is 19.3. The highest BCUT2D eigenvalue weighted by Crippen LogP contribution is 2.27. The maximum Gasteiger partial charge on any atom is 0.256 e. The molecule has 1 amide bonds. The van der Waals surface area contributed by atoms with E-state index >= 15 is 0 Å². The molecule has 128 valence electrons. The molecule has 24 heavy (non-hydrogen) atoms. The number of aromatic nitrogens is 2. The van der Waals surface area contributed by atoms with Gasteiger partial charge in [0.15, 0.2) is 9.84 Å². The van der Waals surface area contributed by atoms with Crippen molar-refractivity contribution in [1.29, 1.82) is 0 Å². The quantitative estimate of drug-likeness (QED) is 0.920. The molecule has 3 rings (SSSR count). The van der Waals surface area contributed by atoms with Gasteiger partial charge in [-0.25, -0.2) is 13.1 Å². The van der Waals surface area contributed by atoms with Crippen LogP contribution in [-0.4, -0.2) is 35.6 Å². The number of rotatable bonds is 4. The van der Waals surface area contributed by atoms with Crippen molar-refractivity contribution < 1.29 is 13.2 Å². The van der Waals surface area contributed by atoms with Gasteiger partial charge in [0.25, 0.3) is 5.91 Å². The summed E-state index contributed by atoms with van der Waals surface area (Å²) in [7, 11) is -3.01. The lowest BCUT2D eigenvalue weighted by molar-refractivity contribution is 0.102. The summed E-state index contributed by atoms with van der Waals surface area (Å²) in [5, 5.41) is 7.23. The topological polar surface area (TPSA) is 81.1 Å². The summed E-state index contributed by atoms with van der Waals surface area (Å²) in [5.41, 5.74) is 2.48. The molecule has 1 aliphatic rings. The van der Waals surface area contributed by atoms with Crippen LogP contribution < -0.4 is 5.32 Å². The molecule has 1 N–H and O–H groups in total. The Morgan fingerprint density at radius 2 is 2.04 bits per heavy atom. The van der Waals surface area contributed by atoms with Crippen molar-refractivity contribution in [3.05, 3.63) is 47.2 Å². The Balaban J connectivity index is 1.81. The molecule has 1 atom stereocenters. The molecule has 1 saturated heterocycles. The second kappa shape index (κ2) is 6.39. The minimum atomic E-state index is -3.01. The second-order valence-electron chi connectivity index (χ2n) is 6.18. The molecule has 1 unspecified atom stereocenters. The molecular weight excluding hydrogens is 326 g/mol. The number of amides is 1. The van der Waals surface area contributed by atoms with Crippen LogP contribution in [0.3, 0.4) is 0 Å². The van der Waals surface area contributed by atoms with Gasteiger partial charge in [0.05, 0.1) is 23.2 Å². The first kappa shape index (κ1) is 16.7. The van der Waals surface area contributed by atoms with Crippen molar-refractivity contribution in [3.8, 4) is 0 Å². The Bertz CT molecular complexity index is 854. The fourth-order valence-corrected chi connectivity index (χ4v) is 4.63. The monoisotopic (exact) mass is 347 g/mol. The number of nitrogens with zero attached hydrogens (tertiary/aromatic N) is 2. The summed E-state index contributed by atoms with van der Waals surface area (Å²) in [6.45, 7) is 3.89. The molecule has 0 radical (unpaired) electrons. The number of benzene rings is 1. The maximum atomic E-state index is 12.4. The Morgan fingerprint density at radius 1 is 1.33 bits per heavy atom. The Hall–Kier alpha value is -2.15. The number of carbonyl (C=O) groups is 1. The molecule has 0 bridgehead atoms. The lowest BCUT2D eigenvalue weighted by Crippen LogP contribution is -2.19. The Kier molecular flexibility index (Phi) is 4.45. The van der Waals surface area contributed by atoms with E-state index in [0.717, 1.165) is 12.1 Å². The van der Waals surface area contributed by atoms with Crippen LogP contribution in [0.4, 0.5) is 5.82 Å². The predicted molar refractivity (Wildman–Crippen MR) is 93.0 cm³/mol. The van der Waals surface area contributed by atoms with E-state index in [2.05, 4.69) is 17.3 Å². The van der Waals surface area contributed by atoms with Gasteiger partial charge in [-0.05, 0) is 37.5 Å². The summed E-state index contributed by atoms with van der Waals surface area (Å²) < 4.78 is 25.1. The van der Waals surface area contributed by atoms with E-state index < -0.39 is 9.84 Å². The summed E-state index contributed by atoms with van der Waals surface area (Å²) in [5.74, 6) is 0.559. The van der Waals surface area contributed by atoms with Gasteiger partial charge >= 0.3 is 0 Å². The smallest absolute Gasteiger partial charge is 0.256 e. The van der Waals surface area contributed by atoms with E-state index in [1.165, 1.54) is 5.56 Å². The number of anilines is 1. The average Bonchev–Trinajstić information content (AvgIpc) is 3.09. The van der Waals surface area contributed by atoms with Crippen molar-refractivity contribution in [2.75, 3.05) is 16.8 Å². The summed E-state index contributed by atoms with van der Waals surface area (Å²) >= 11 is 0. The van der Waals surface area contributed by atoms with E-state index in [0.29, 0.717) is 17.8 Å². The van der Waals surface area contributed by atoms with Gasteiger partial charge in [-0.1, -0.05) is 19.1 Å². The Morgan fingerprint density at radius 3 is 2.62 bits per heavy atom. The largest absolute Gasteiger partial charge is 0.307 e. The first-order valence-electron chi connectivity index (χ1n) is 8.05. The molecule has 2 heterocycles. The van der Waals surface area contributed by atoms with Crippen LogP contribution in [0, 0.1) is 6.92 Å². The van der Waals surface area contributed by atoms with Gasteiger partial charge in [0.2, 0.25) is 0 Å². The predicted octanol–water partition coefficient (Wildman–Crippen LogP) is 2.37. The van der Waals surface area contributed by atoms with Crippen LogP contribution in [-0.2, 0) is 16.3 Å². The SMILES string of the molecule is CCc1ccc(C(=O)Nc2cc(C)nn2C2CCS(=O)(=O)C2)cc1. The second-order valence-corrected chi connectivity index (χ2v) is 8.41. The molecule has 0 aliphatic carbocycles. The van der Waals surface area contributed by atoms with Crippen LogP contribution >= 0.6 is 0 Å². The van der Waals surface area contributed by atoms with E-state index in [1.807, 2.05) is 19.1 Å². The summed E-state index contributed by atoms with van der Waals surface area (Å²) in [6, 6.07) is 9.00. The van der Waals surface area contributed by atoms with Gasteiger partial charge in [-0.15, -0.1) is 0 Å². The number of sulfone groups is 1. The fraction of sp³-hybridized carbons (Fsp3) is 0.412. The first-order valence-corrected chi connectivity index (χ1v) is 9.87. The van der Waals surface area contributed by atoms with Gasteiger partial charge in [0.1, 0.15) is 5.82 Å². The minimum Gasteiger partial charge on any atom is -0.307 e. The molecule has 6 nitrogen and oxygen atoms in total. The minimum absolute atomic E-state index is 0.0716. The number of carbonyl (C=O) groups excluding carboxylic acids is 1. The van der Waals surface area contributed by atoms with Crippen molar-refractivity contribution in [2.24, 2.45) is 0 Å². The molecule has 1 fully saturated rings. The zero-order valence-corrected chi connectivity index (χ0v) is 14.6. The van der Waals surface area contributed by atoms with Crippen molar-refractivity contribution in [2.45, 2.75) is 32.7 Å². The van der Waals surface area contributed by atoms with Crippen LogP contribution in [0.2, 0.25) is 0 Å². The lowest BCUT2D eigenvalue weighted by Gasteiger charge is -2.14. The van der Waals surface area contributed by atoms with E-state index in [4.69, 9.17) is 0 Å². The fourth-order valence-electron chi connectivity index (χ4n) is 2.94. The molecular formula is C17H21N3O3S. The number of hydrogen-bond acceptors (Lipinski definition) is 4. The standard InChI is InChI=1S/C17H21N3O3S/c1-3-13-4-6-14(7-5-13)17(21)18-16-10-12(2)19-20(16)15-8-9-24(22,23)11-15/h4-7,10,15H,3,8-9,11H2,1-2H3,(H,18,21). The number of hydrogen-bond donors (Lipinski definition) is 1. The van der Waals surface area contributed by atoms with Crippen molar-refractivity contribution in [3.63, 3.8) is 0 Å². The van der Waals surface area contributed by atoms with E-state index in [-0.39, 0.29) is 23.5 Å². The van der Waals surface area contributed by atoms with E-state index in [9.17, 15) is 13.2 Å². The molecule has 0 spiro atoms. The highest BCUT2D eigenvalue weighted by molar-refractivity contribution is 7.91. The molecule has 1 aliphatic heterocycles. The number of aryl methyl sites for hydroxylation is 2. The molecule has 1 aromatic carbocycles. The third-order valence-corrected chi connectivity index (χ3v) is 6.03. The van der Waals surface area contributed by atoms with Crippen LogP contribution in [0.15, 0.2) is 30.3 Å². The summed E-state index contributed by atoms with van der Waals surface area (Å²) in [4.78, 5) is 12.4. The molecule has 2 aromatic rings. The maximum absolute atomic E-state index is 12.4. The van der Waals surface area contributed by atoms with Crippen LogP contribution in [0.5, 0.6) is 0 Å². The van der Waals surface area contributed by atoms with Gasteiger partial charge in [0, 0.05) is 11.6 Å². The van der Waals surface area contributed by atoms with Crippen molar-refractivity contribution in [1.82, 2.24) is 9.78 Å². The van der Waals surface area contributed by atoms with Crippen LogP contribution in [0.1, 0.15) is 41.0 Å². The average molecular weight is 347 g/mol. The summed E-state index contributed by atoms with van der Waals surface area (Å²) in [6.07, 6.45) is 1.45. The van der Waals surface area contributed by atoms with E-state index in [1.54, 1.807) is 22.9 Å². The van der Waals surface area contributed by atoms with Gasteiger partial charge < -0.3 is 5.32 Å². The highest BCUT2D eigenvalue weighted by Gasteiger charge is 2.31.